The van der Waals surface area contributed by atoms with E-state index >= 15 is 0 Å². The number of rotatable bonds is 2. The summed E-state index contributed by atoms with van der Waals surface area (Å²) in [5.74, 6) is 1.11. The molecule has 1 N–H and O–H groups in total. The molecular weight excluding hydrogens is 222 g/mol. The minimum atomic E-state index is 0.0603. The third-order valence-corrected chi connectivity index (χ3v) is 4.37. The minimum Gasteiger partial charge on any atom is -0.487 e. The topological polar surface area (TPSA) is 21.3 Å². The molecule has 0 saturated heterocycles. The first-order valence-electron chi connectivity index (χ1n) is 7.27. The Bertz CT molecular complexity index is 421. The molecule has 1 aliphatic carbocycles. The maximum atomic E-state index is 6.40. The van der Waals surface area contributed by atoms with Crippen molar-refractivity contribution < 1.29 is 4.74 Å². The molecule has 0 amide bonds. The van der Waals surface area contributed by atoms with Gasteiger partial charge in [0.1, 0.15) is 11.4 Å². The minimum absolute atomic E-state index is 0.0603. The second-order valence-corrected chi connectivity index (χ2v) is 5.93. The Labute approximate surface area is 110 Å². The lowest BCUT2D eigenvalue weighted by atomic mass is 9.86. The van der Waals surface area contributed by atoms with E-state index in [1.807, 2.05) is 0 Å². The largest absolute Gasteiger partial charge is 0.487 e. The number of benzene rings is 1. The van der Waals surface area contributed by atoms with Gasteiger partial charge in [0.2, 0.25) is 0 Å². The van der Waals surface area contributed by atoms with E-state index in [2.05, 4.69) is 30.4 Å². The summed E-state index contributed by atoms with van der Waals surface area (Å²) in [7, 11) is 0. The third-order valence-electron chi connectivity index (χ3n) is 4.37. The Hall–Kier alpha value is -1.02. The van der Waals surface area contributed by atoms with E-state index in [1.165, 1.54) is 43.2 Å². The van der Waals surface area contributed by atoms with Crippen LogP contribution in [0.25, 0.3) is 0 Å². The lowest BCUT2D eigenvalue weighted by Crippen LogP contribution is -2.35. The van der Waals surface area contributed by atoms with E-state index in [0.29, 0.717) is 0 Å². The summed E-state index contributed by atoms with van der Waals surface area (Å²) < 4.78 is 6.40. The van der Waals surface area contributed by atoms with Crippen molar-refractivity contribution in [1.29, 1.82) is 0 Å². The average molecular weight is 245 g/mol. The number of fused-ring (bicyclic) bond motifs is 1. The third kappa shape index (κ3) is 2.39. The van der Waals surface area contributed by atoms with Gasteiger partial charge in [-0.3, -0.25) is 0 Å². The molecule has 2 heteroatoms. The van der Waals surface area contributed by atoms with Gasteiger partial charge in [0.05, 0.1) is 0 Å². The molecule has 98 valence electrons. The van der Waals surface area contributed by atoms with E-state index in [9.17, 15) is 0 Å². The molecule has 0 atom stereocenters. The van der Waals surface area contributed by atoms with Crippen molar-refractivity contribution in [1.82, 2.24) is 5.32 Å². The van der Waals surface area contributed by atoms with Crippen LogP contribution in [-0.4, -0.2) is 12.1 Å². The zero-order valence-corrected chi connectivity index (χ0v) is 11.3. The Kier molecular flexibility index (Phi) is 3.29. The van der Waals surface area contributed by atoms with Gasteiger partial charge >= 0.3 is 0 Å². The van der Waals surface area contributed by atoms with Gasteiger partial charge in [-0.15, -0.1) is 0 Å². The van der Waals surface area contributed by atoms with Crippen molar-refractivity contribution in [3.63, 3.8) is 0 Å². The molecule has 1 aliphatic heterocycles. The standard InChI is InChI=1S/C16H23NO/c1-16(9-3-2-4-10-16)18-15-7-5-6-13-8-11-17-12-14(13)15/h5-7,17H,2-4,8-12H2,1H3. The second-order valence-electron chi connectivity index (χ2n) is 5.93. The predicted molar refractivity (Wildman–Crippen MR) is 74.0 cm³/mol. The van der Waals surface area contributed by atoms with Crippen molar-refractivity contribution in [2.24, 2.45) is 0 Å². The Balaban J connectivity index is 1.83. The number of hydrogen-bond donors (Lipinski definition) is 1. The zero-order chi connectivity index (χ0) is 12.4. The Morgan fingerprint density at radius 1 is 1.17 bits per heavy atom. The molecule has 0 aromatic heterocycles. The predicted octanol–water partition coefficient (Wildman–Crippen LogP) is 3.43. The van der Waals surface area contributed by atoms with Gasteiger partial charge < -0.3 is 10.1 Å². The van der Waals surface area contributed by atoms with Crippen LogP contribution in [0, 0.1) is 0 Å². The zero-order valence-electron chi connectivity index (χ0n) is 11.3. The van der Waals surface area contributed by atoms with Gasteiger partial charge in [-0.1, -0.05) is 18.6 Å². The Morgan fingerprint density at radius 3 is 2.83 bits per heavy atom. The first-order valence-corrected chi connectivity index (χ1v) is 7.27. The molecular formula is C16H23NO. The van der Waals surface area contributed by atoms with Crippen molar-refractivity contribution >= 4 is 0 Å². The highest BCUT2D eigenvalue weighted by Crippen LogP contribution is 2.35. The fraction of sp³-hybridized carbons (Fsp3) is 0.625. The van der Waals surface area contributed by atoms with Crippen LogP contribution in [0.15, 0.2) is 18.2 Å². The van der Waals surface area contributed by atoms with Crippen LogP contribution in [0.2, 0.25) is 0 Å². The van der Waals surface area contributed by atoms with Crippen LogP contribution in [-0.2, 0) is 13.0 Å². The van der Waals surface area contributed by atoms with E-state index in [-0.39, 0.29) is 5.60 Å². The van der Waals surface area contributed by atoms with Gasteiger partial charge in [0, 0.05) is 12.1 Å². The summed E-state index contributed by atoms with van der Waals surface area (Å²) in [5.41, 5.74) is 2.91. The van der Waals surface area contributed by atoms with E-state index in [1.54, 1.807) is 0 Å². The van der Waals surface area contributed by atoms with Crippen LogP contribution in [0.3, 0.4) is 0 Å². The van der Waals surface area contributed by atoms with Gasteiger partial charge in [0.15, 0.2) is 0 Å². The lowest BCUT2D eigenvalue weighted by molar-refractivity contribution is 0.0474. The summed E-state index contributed by atoms with van der Waals surface area (Å²) in [6.07, 6.45) is 7.51. The van der Waals surface area contributed by atoms with Crippen LogP contribution in [0.4, 0.5) is 0 Å². The normalized spacial score (nSPS) is 22.3. The van der Waals surface area contributed by atoms with Gasteiger partial charge in [-0.25, -0.2) is 0 Å². The smallest absolute Gasteiger partial charge is 0.124 e. The van der Waals surface area contributed by atoms with Crippen molar-refractivity contribution in [3.8, 4) is 5.75 Å². The molecule has 3 rings (SSSR count). The summed E-state index contributed by atoms with van der Waals surface area (Å²) in [6.45, 7) is 4.33. The second kappa shape index (κ2) is 4.93. The highest BCUT2D eigenvalue weighted by atomic mass is 16.5. The first kappa shape index (κ1) is 12.0. The maximum Gasteiger partial charge on any atom is 0.124 e. The summed E-state index contributed by atoms with van der Waals surface area (Å²) >= 11 is 0. The number of nitrogens with one attached hydrogen (secondary N) is 1. The molecule has 0 radical (unpaired) electrons. The SMILES string of the molecule is CC1(Oc2cccc3c2CNCC3)CCCCC1. The van der Waals surface area contributed by atoms with Crippen molar-refractivity contribution in [3.05, 3.63) is 29.3 Å². The van der Waals surface area contributed by atoms with E-state index in [0.717, 1.165) is 25.3 Å². The molecule has 1 saturated carbocycles. The highest BCUT2D eigenvalue weighted by molar-refractivity contribution is 5.42. The van der Waals surface area contributed by atoms with E-state index < -0.39 is 0 Å². The molecule has 1 aromatic rings. The fourth-order valence-electron chi connectivity index (χ4n) is 3.25. The van der Waals surface area contributed by atoms with E-state index in [4.69, 9.17) is 4.74 Å². The molecule has 1 fully saturated rings. The number of hydrogen-bond acceptors (Lipinski definition) is 2. The van der Waals surface area contributed by atoms with Crippen LogP contribution < -0.4 is 10.1 Å². The quantitative estimate of drug-likeness (QED) is 0.862. The van der Waals surface area contributed by atoms with Gasteiger partial charge in [-0.2, -0.15) is 0 Å². The van der Waals surface area contributed by atoms with Crippen LogP contribution in [0.1, 0.15) is 50.2 Å². The summed E-state index contributed by atoms with van der Waals surface area (Å²) in [4.78, 5) is 0. The van der Waals surface area contributed by atoms with Gasteiger partial charge in [0.25, 0.3) is 0 Å². The first-order chi connectivity index (χ1) is 8.77. The van der Waals surface area contributed by atoms with Crippen LogP contribution in [0.5, 0.6) is 5.75 Å². The molecule has 0 bridgehead atoms. The van der Waals surface area contributed by atoms with Crippen LogP contribution >= 0.6 is 0 Å². The molecule has 2 nitrogen and oxygen atoms in total. The molecule has 1 heterocycles. The lowest BCUT2D eigenvalue weighted by Gasteiger charge is -2.35. The molecule has 0 spiro atoms. The highest BCUT2D eigenvalue weighted by Gasteiger charge is 2.29. The Morgan fingerprint density at radius 2 is 2.00 bits per heavy atom. The van der Waals surface area contributed by atoms with Crippen molar-refractivity contribution in [2.45, 2.75) is 57.6 Å². The molecule has 1 aromatic carbocycles. The molecule has 18 heavy (non-hydrogen) atoms. The number of ether oxygens (including phenoxy) is 1. The summed E-state index contributed by atoms with van der Waals surface area (Å²) in [6, 6.07) is 6.53. The average Bonchev–Trinajstić information content (AvgIpc) is 2.40. The summed E-state index contributed by atoms with van der Waals surface area (Å²) in [5, 5.41) is 3.45. The van der Waals surface area contributed by atoms with Gasteiger partial charge in [-0.05, 0) is 57.2 Å². The monoisotopic (exact) mass is 245 g/mol. The van der Waals surface area contributed by atoms with Crippen molar-refractivity contribution in [2.75, 3.05) is 6.54 Å². The fourth-order valence-corrected chi connectivity index (χ4v) is 3.25. The maximum absolute atomic E-state index is 6.40. The molecule has 0 unspecified atom stereocenters. The molecule has 2 aliphatic rings.